The van der Waals surface area contributed by atoms with Crippen LogP contribution < -0.4 is 20.1 Å². The second kappa shape index (κ2) is 13.2. The molecule has 4 atom stereocenters. The topological polar surface area (TPSA) is 114 Å². The second-order valence-electron chi connectivity index (χ2n) is 12.4. The summed E-state index contributed by atoms with van der Waals surface area (Å²) < 4.78 is 11.9. The summed E-state index contributed by atoms with van der Waals surface area (Å²) in [4.78, 5) is 42.1. The number of ketones is 1. The van der Waals surface area contributed by atoms with Crippen LogP contribution in [0.4, 0.5) is 11.4 Å². The molecule has 1 fully saturated rings. The molecule has 0 bridgehead atoms. The van der Waals surface area contributed by atoms with Crippen LogP contribution in [0.2, 0.25) is 0 Å². The Kier molecular flexibility index (Phi) is 9.84. The summed E-state index contributed by atoms with van der Waals surface area (Å²) in [7, 11) is 0. The van der Waals surface area contributed by atoms with Crippen LogP contribution in [-0.4, -0.2) is 41.0 Å². The molecule has 1 aliphatic rings. The minimum Gasteiger partial charge on any atom is -0.490 e. The number of Topliss-reactive ketones (excluding diaryl/α,β-unsaturated/α-hetero) is 1. The van der Waals surface area contributed by atoms with Gasteiger partial charge in [0, 0.05) is 23.7 Å². The second-order valence-corrected chi connectivity index (χ2v) is 12.4. The molecule has 3 aromatic carbocycles. The minimum absolute atomic E-state index is 0.121. The summed E-state index contributed by atoms with van der Waals surface area (Å²) in [6, 6.07) is 16.6. The van der Waals surface area contributed by atoms with E-state index in [2.05, 4.69) is 10.6 Å². The Morgan fingerprint density at radius 2 is 1.45 bits per heavy atom. The average molecular weight is 601 g/mol. The first-order valence-corrected chi connectivity index (χ1v) is 15.2. The van der Waals surface area contributed by atoms with E-state index in [-0.39, 0.29) is 12.5 Å². The number of rotatable bonds is 9. The van der Waals surface area contributed by atoms with Crippen molar-refractivity contribution in [2.24, 2.45) is 11.8 Å². The van der Waals surface area contributed by atoms with Gasteiger partial charge in [-0.25, -0.2) is 0 Å². The van der Waals surface area contributed by atoms with Crippen molar-refractivity contribution >= 4 is 29.0 Å². The fraction of sp³-hybridized carbons (Fsp3) is 0.417. The van der Waals surface area contributed by atoms with Gasteiger partial charge in [0.05, 0.1) is 24.2 Å². The standard InChI is InChI=1S/C36H44N2O6/c1-9-43-30-18-25(14-15-29(30)44-20(2)3)31-32(34(40)37-26-16-21(4)10-12-23(26)6)28(39)19-36(8,42)33(31)35(41)38-27-17-22(5)11-13-24(27)7/h10-18,20,31-33,42H,9,19H2,1-8H3,(H,37,40)(H,38,41). The Balaban J connectivity index is 1.86. The largest absolute Gasteiger partial charge is 0.490 e. The van der Waals surface area contributed by atoms with Gasteiger partial charge in [-0.05, 0) is 107 Å². The van der Waals surface area contributed by atoms with Crippen molar-refractivity contribution in [2.45, 2.75) is 79.4 Å². The molecule has 0 saturated heterocycles. The molecule has 0 aromatic heterocycles. The lowest BCUT2D eigenvalue weighted by molar-refractivity contribution is -0.150. The fourth-order valence-corrected chi connectivity index (χ4v) is 6.01. The SMILES string of the molecule is CCOc1cc(C2C(C(=O)Nc3cc(C)ccc3C)C(=O)CC(C)(O)C2C(=O)Nc2cc(C)ccc2C)ccc1OC(C)C. The number of carbonyl (C=O) groups is 3. The number of anilines is 2. The number of hydrogen-bond acceptors (Lipinski definition) is 6. The molecule has 8 heteroatoms. The average Bonchev–Trinajstić information content (AvgIpc) is 2.92. The van der Waals surface area contributed by atoms with E-state index in [1.807, 2.05) is 84.9 Å². The van der Waals surface area contributed by atoms with Crippen molar-refractivity contribution in [1.29, 1.82) is 0 Å². The molecular formula is C36H44N2O6. The summed E-state index contributed by atoms with van der Waals surface area (Å²) in [6.07, 6.45) is -0.476. The number of benzene rings is 3. The maximum atomic E-state index is 14.2. The van der Waals surface area contributed by atoms with Crippen molar-refractivity contribution in [2.75, 3.05) is 17.2 Å². The predicted molar refractivity (Wildman–Crippen MR) is 172 cm³/mol. The molecule has 1 aliphatic carbocycles. The monoisotopic (exact) mass is 600 g/mol. The van der Waals surface area contributed by atoms with E-state index in [0.29, 0.717) is 35.0 Å². The van der Waals surface area contributed by atoms with Crippen LogP contribution in [0.15, 0.2) is 54.6 Å². The molecule has 0 aliphatic heterocycles. The Morgan fingerprint density at radius 1 is 0.886 bits per heavy atom. The first-order valence-electron chi connectivity index (χ1n) is 15.2. The van der Waals surface area contributed by atoms with E-state index < -0.39 is 41.0 Å². The number of ether oxygens (including phenoxy) is 2. The maximum absolute atomic E-state index is 14.2. The van der Waals surface area contributed by atoms with Gasteiger partial charge < -0.3 is 25.2 Å². The fourth-order valence-electron chi connectivity index (χ4n) is 6.01. The van der Waals surface area contributed by atoms with E-state index in [0.717, 1.165) is 22.3 Å². The highest BCUT2D eigenvalue weighted by Gasteiger charge is 2.56. The molecule has 1 saturated carbocycles. The normalized spacial score (nSPS) is 21.6. The zero-order valence-electron chi connectivity index (χ0n) is 26.9. The van der Waals surface area contributed by atoms with Gasteiger partial charge >= 0.3 is 0 Å². The smallest absolute Gasteiger partial charge is 0.235 e. The highest BCUT2D eigenvalue weighted by Crippen LogP contribution is 2.48. The molecule has 0 spiro atoms. The predicted octanol–water partition coefficient (Wildman–Crippen LogP) is 6.42. The van der Waals surface area contributed by atoms with Crippen LogP contribution in [0.1, 0.15) is 67.9 Å². The molecule has 3 aromatic rings. The number of nitrogens with one attached hydrogen (secondary N) is 2. The number of carbonyl (C=O) groups excluding carboxylic acids is 3. The summed E-state index contributed by atoms with van der Waals surface area (Å²) in [5.41, 5.74) is 3.57. The van der Waals surface area contributed by atoms with Gasteiger partial charge in [0.1, 0.15) is 11.7 Å². The zero-order chi connectivity index (χ0) is 32.3. The first kappa shape index (κ1) is 32.7. The van der Waals surface area contributed by atoms with Gasteiger partial charge in [-0.2, -0.15) is 0 Å². The maximum Gasteiger partial charge on any atom is 0.235 e. The molecule has 0 radical (unpaired) electrons. The highest BCUT2D eigenvalue weighted by molar-refractivity contribution is 6.10. The first-order chi connectivity index (χ1) is 20.7. The molecule has 8 nitrogen and oxygen atoms in total. The van der Waals surface area contributed by atoms with E-state index in [9.17, 15) is 19.5 Å². The summed E-state index contributed by atoms with van der Waals surface area (Å²) in [5, 5.41) is 17.7. The van der Waals surface area contributed by atoms with Gasteiger partial charge in [0.15, 0.2) is 11.5 Å². The van der Waals surface area contributed by atoms with Crippen molar-refractivity contribution < 1.29 is 29.0 Å². The van der Waals surface area contributed by atoms with Gasteiger partial charge in [0.25, 0.3) is 0 Å². The lowest BCUT2D eigenvalue weighted by atomic mass is 9.61. The van der Waals surface area contributed by atoms with Gasteiger partial charge in [-0.1, -0.05) is 30.3 Å². The number of amides is 2. The summed E-state index contributed by atoms with van der Waals surface area (Å²) in [5.74, 6) is -3.93. The van der Waals surface area contributed by atoms with E-state index in [1.54, 1.807) is 18.2 Å². The molecule has 44 heavy (non-hydrogen) atoms. The zero-order valence-corrected chi connectivity index (χ0v) is 26.9. The summed E-state index contributed by atoms with van der Waals surface area (Å²) >= 11 is 0. The molecule has 3 N–H and O–H groups in total. The van der Waals surface area contributed by atoms with Crippen molar-refractivity contribution in [1.82, 2.24) is 0 Å². The quantitative estimate of drug-likeness (QED) is 0.244. The summed E-state index contributed by atoms with van der Waals surface area (Å²) in [6.45, 7) is 15.1. The van der Waals surface area contributed by atoms with Crippen LogP contribution in [0, 0.1) is 39.5 Å². The van der Waals surface area contributed by atoms with Crippen molar-refractivity contribution in [3.8, 4) is 11.5 Å². The third kappa shape index (κ3) is 7.13. The van der Waals surface area contributed by atoms with E-state index in [4.69, 9.17) is 9.47 Å². The van der Waals surface area contributed by atoms with E-state index >= 15 is 0 Å². The lowest BCUT2D eigenvalue weighted by Crippen LogP contribution is -2.56. The molecule has 4 unspecified atom stereocenters. The Morgan fingerprint density at radius 3 is 2.00 bits per heavy atom. The van der Waals surface area contributed by atoms with Crippen molar-refractivity contribution in [3.05, 3.63) is 82.4 Å². The molecule has 0 heterocycles. The lowest BCUT2D eigenvalue weighted by Gasteiger charge is -2.44. The van der Waals surface area contributed by atoms with Crippen LogP contribution in [0.25, 0.3) is 0 Å². The third-order valence-electron chi connectivity index (χ3n) is 8.15. The van der Waals surface area contributed by atoms with Crippen LogP contribution in [0.5, 0.6) is 11.5 Å². The van der Waals surface area contributed by atoms with Crippen molar-refractivity contribution in [3.63, 3.8) is 0 Å². The van der Waals surface area contributed by atoms with E-state index in [1.165, 1.54) is 6.92 Å². The van der Waals surface area contributed by atoms with Crippen LogP contribution >= 0.6 is 0 Å². The van der Waals surface area contributed by atoms with Gasteiger partial charge in [-0.15, -0.1) is 0 Å². The highest BCUT2D eigenvalue weighted by atomic mass is 16.5. The molecule has 4 rings (SSSR count). The number of hydrogen-bond donors (Lipinski definition) is 3. The third-order valence-corrected chi connectivity index (χ3v) is 8.15. The Hall–Kier alpha value is -4.17. The van der Waals surface area contributed by atoms with Crippen LogP contribution in [0.3, 0.4) is 0 Å². The number of aryl methyl sites for hydroxylation is 4. The Labute approximate surface area is 260 Å². The van der Waals surface area contributed by atoms with Crippen LogP contribution in [-0.2, 0) is 14.4 Å². The Bertz CT molecular complexity index is 1560. The molecular weight excluding hydrogens is 556 g/mol. The molecule has 234 valence electrons. The number of aliphatic hydroxyl groups is 1. The molecule has 2 amide bonds. The van der Waals surface area contributed by atoms with Gasteiger partial charge in [0.2, 0.25) is 11.8 Å². The van der Waals surface area contributed by atoms with Gasteiger partial charge in [-0.3, -0.25) is 14.4 Å². The minimum atomic E-state index is -1.74.